The molecule has 1 aliphatic heterocycles. The lowest BCUT2D eigenvalue weighted by atomic mass is 10.0. The summed E-state index contributed by atoms with van der Waals surface area (Å²) in [6.07, 6.45) is 1.89. The third kappa shape index (κ3) is 3.26. The molecule has 0 spiro atoms. The zero-order valence-corrected chi connectivity index (χ0v) is 15.7. The van der Waals surface area contributed by atoms with Crippen molar-refractivity contribution in [3.05, 3.63) is 51.1 Å². The molecule has 0 atom stereocenters. The van der Waals surface area contributed by atoms with Crippen LogP contribution in [0, 0.1) is 3.57 Å². The lowest BCUT2D eigenvalue weighted by Gasteiger charge is -2.13. The molecule has 0 radical (unpaired) electrons. The van der Waals surface area contributed by atoms with E-state index in [1.165, 1.54) is 0 Å². The van der Waals surface area contributed by atoms with Crippen LogP contribution in [0.5, 0.6) is 11.5 Å². The first kappa shape index (κ1) is 16.8. The predicted octanol–water partition coefficient (Wildman–Crippen LogP) is 4.58. The Morgan fingerprint density at radius 3 is 2.62 bits per heavy atom. The Morgan fingerprint density at radius 2 is 1.88 bits per heavy atom. The summed E-state index contributed by atoms with van der Waals surface area (Å²) in [6, 6.07) is 11.6. The van der Waals surface area contributed by atoms with Gasteiger partial charge in [0.05, 0.1) is 16.8 Å². The Bertz CT molecular complexity index is 814. The molecule has 1 amide bonds. The Morgan fingerprint density at radius 1 is 1.12 bits per heavy atom. The van der Waals surface area contributed by atoms with E-state index in [0.717, 1.165) is 26.1 Å². The standard InChI is InChI=1S/C19H18INO3/c1-3-23-17-11-12(10-15(20)18(17)24-4-2)9-14-13-7-5-6-8-16(13)21-19(14)22/h5-11H,3-4H2,1-2H3,(H,21,22)/b14-9-. The van der Waals surface area contributed by atoms with Crippen molar-refractivity contribution in [2.24, 2.45) is 0 Å². The van der Waals surface area contributed by atoms with E-state index >= 15 is 0 Å². The lowest BCUT2D eigenvalue weighted by molar-refractivity contribution is -0.110. The van der Waals surface area contributed by atoms with E-state index in [1.807, 2.05) is 56.3 Å². The molecule has 24 heavy (non-hydrogen) atoms. The van der Waals surface area contributed by atoms with Gasteiger partial charge >= 0.3 is 0 Å². The van der Waals surface area contributed by atoms with Crippen molar-refractivity contribution < 1.29 is 14.3 Å². The van der Waals surface area contributed by atoms with Crippen LogP contribution in [0.15, 0.2) is 36.4 Å². The SMILES string of the molecule is CCOc1cc(/C=C2\C(=O)Nc3ccccc32)cc(I)c1OCC. The van der Waals surface area contributed by atoms with Gasteiger partial charge in [-0.2, -0.15) is 0 Å². The molecule has 2 aromatic rings. The third-order valence-corrected chi connectivity index (χ3v) is 4.44. The van der Waals surface area contributed by atoms with E-state index in [-0.39, 0.29) is 5.91 Å². The van der Waals surface area contributed by atoms with Gasteiger partial charge in [0.15, 0.2) is 11.5 Å². The molecule has 2 aromatic carbocycles. The maximum absolute atomic E-state index is 12.3. The van der Waals surface area contributed by atoms with Crippen LogP contribution in [-0.4, -0.2) is 19.1 Å². The fraction of sp³-hybridized carbons (Fsp3) is 0.211. The van der Waals surface area contributed by atoms with Crippen molar-refractivity contribution in [1.82, 2.24) is 0 Å². The molecule has 0 unspecified atom stereocenters. The number of anilines is 1. The van der Waals surface area contributed by atoms with E-state index in [2.05, 4.69) is 27.9 Å². The second-order valence-electron chi connectivity index (χ2n) is 5.25. The van der Waals surface area contributed by atoms with Gasteiger partial charge in [0, 0.05) is 16.8 Å². The van der Waals surface area contributed by atoms with Crippen molar-refractivity contribution in [3.8, 4) is 11.5 Å². The first-order chi connectivity index (χ1) is 11.6. The third-order valence-electron chi connectivity index (χ3n) is 3.64. The molecule has 0 saturated heterocycles. The molecule has 124 valence electrons. The molecular formula is C19H18INO3. The van der Waals surface area contributed by atoms with Crippen LogP contribution >= 0.6 is 22.6 Å². The Balaban J connectivity index is 2.05. The second kappa shape index (κ2) is 7.25. The van der Waals surface area contributed by atoms with E-state index < -0.39 is 0 Å². The number of fused-ring (bicyclic) bond motifs is 1. The number of hydrogen-bond donors (Lipinski definition) is 1. The molecule has 0 saturated carbocycles. The van der Waals surface area contributed by atoms with E-state index in [9.17, 15) is 4.79 Å². The van der Waals surface area contributed by atoms with Crippen molar-refractivity contribution in [2.45, 2.75) is 13.8 Å². The molecule has 0 aromatic heterocycles. The van der Waals surface area contributed by atoms with Crippen LogP contribution in [0.3, 0.4) is 0 Å². The topological polar surface area (TPSA) is 47.6 Å². The predicted molar refractivity (Wildman–Crippen MR) is 104 cm³/mol. The summed E-state index contributed by atoms with van der Waals surface area (Å²) in [5.41, 5.74) is 3.34. The number of hydrogen-bond acceptors (Lipinski definition) is 3. The summed E-state index contributed by atoms with van der Waals surface area (Å²) < 4.78 is 12.4. The zero-order valence-electron chi connectivity index (χ0n) is 13.6. The number of carbonyl (C=O) groups excluding carboxylic acids is 1. The van der Waals surface area contributed by atoms with Gasteiger partial charge in [-0.05, 0) is 66.3 Å². The highest BCUT2D eigenvalue weighted by Gasteiger charge is 2.23. The number of nitrogens with one attached hydrogen (secondary N) is 1. The molecule has 1 N–H and O–H groups in total. The van der Waals surface area contributed by atoms with Crippen molar-refractivity contribution in [2.75, 3.05) is 18.5 Å². The minimum absolute atomic E-state index is 0.0851. The van der Waals surface area contributed by atoms with Gasteiger partial charge in [0.25, 0.3) is 5.91 Å². The Labute approximate surface area is 155 Å². The zero-order chi connectivity index (χ0) is 17.1. The molecule has 1 heterocycles. The maximum atomic E-state index is 12.3. The highest BCUT2D eigenvalue weighted by atomic mass is 127. The number of halogens is 1. The first-order valence-corrected chi connectivity index (χ1v) is 8.93. The Hall–Kier alpha value is -2.02. The first-order valence-electron chi connectivity index (χ1n) is 7.85. The van der Waals surface area contributed by atoms with Gasteiger partial charge in [-0.3, -0.25) is 4.79 Å². The average Bonchev–Trinajstić information content (AvgIpc) is 2.87. The van der Waals surface area contributed by atoms with Gasteiger partial charge in [0.1, 0.15) is 0 Å². The van der Waals surface area contributed by atoms with Crippen LogP contribution < -0.4 is 14.8 Å². The van der Waals surface area contributed by atoms with Crippen LogP contribution in [0.1, 0.15) is 25.0 Å². The smallest absolute Gasteiger partial charge is 0.256 e. The number of para-hydroxylation sites is 1. The summed E-state index contributed by atoms with van der Waals surface area (Å²) in [6.45, 7) is 5.02. The monoisotopic (exact) mass is 435 g/mol. The van der Waals surface area contributed by atoms with E-state index in [4.69, 9.17) is 9.47 Å². The molecule has 5 heteroatoms. The normalized spacial score (nSPS) is 14.5. The number of benzene rings is 2. The number of carbonyl (C=O) groups is 1. The average molecular weight is 435 g/mol. The maximum Gasteiger partial charge on any atom is 0.256 e. The molecule has 0 fully saturated rings. The number of rotatable bonds is 5. The van der Waals surface area contributed by atoms with Crippen LogP contribution in [0.2, 0.25) is 0 Å². The summed E-state index contributed by atoms with van der Waals surface area (Å²) in [7, 11) is 0. The summed E-state index contributed by atoms with van der Waals surface area (Å²) in [4.78, 5) is 12.3. The van der Waals surface area contributed by atoms with Gasteiger partial charge in [0.2, 0.25) is 0 Å². The fourth-order valence-electron chi connectivity index (χ4n) is 2.67. The Kier molecular flexibility index (Phi) is 5.08. The van der Waals surface area contributed by atoms with Gasteiger partial charge in [-0.25, -0.2) is 0 Å². The summed E-state index contributed by atoms with van der Waals surface area (Å²) >= 11 is 2.23. The number of ether oxygens (including phenoxy) is 2. The lowest BCUT2D eigenvalue weighted by Crippen LogP contribution is -2.04. The van der Waals surface area contributed by atoms with Crippen LogP contribution in [0.25, 0.3) is 11.6 Å². The van der Waals surface area contributed by atoms with Crippen molar-refractivity contribution in [1.29, 1.82) is 0 Å². The molecule has 1 aliphatic rings. The van der Waals surface area contributed by atoms with Crippen molar-refractivity contribution >= 4 is 45.8 Å². The molecule has 3 rings (SSSR count). The van der Waals surface area contributed by atoms with Crippen LogP contribution in [0.4, 0.5) is 5.69 Å². The summed E-state index contributed by atoms with van der Waals surface area (Å²) in [5, 5.41) is 2.89. The van der Waals surface area contributed by atoms with E-state index in [0.29, 0.717) is 24.5 Å². The van der Waals surface area contributed by atoms with Crippen LogP contribution in [-0.2, 0) is 4.79 Å². The largest absolute Gasteiger partial charge is 0.490 e. The van der Waals surface area contributed by atoms with E-state index in [1.54, 1.807) is 0 Å². The summed E-state index contributed by atoms with van der Waals surface area (Å²) in [5.74, 6) is 1.36. The minimum atomic E-state index is -0.0851. The molecule has 0 bridgehead atoms. The minimum Gasteiger partial charge on any atom is -0.490 e. The molecule has 0 aliphatic carbocycles. The molecule has 4 nitrogen and oxygen atoms in total. The van der Waals surface area contributed by atoms with Gasteiger partial charge in [-0.1, -0.05) is 18.2 Å². The van der Waals surface area contributed by atoms with Gasteiger partial charge in [-0.15, -0.1) is 0 Å². The fourth-order valence-corrected chi connectivity index (χ4v) is 3.45. The van der Waals surface area contributed by atoms with Crippen molar-refractivity contribution in [3.63, 3.8) is 0 Å². The highest BCUT2D eigenvalue weighted by molar-refractivity contribution is 14.1. The number of amides is 1. The van der Waals surface area contributed by atoms with Gasteiger partial charge < -0.3 is 14.8 Å². The quantitative estimate of drug-likeness (QED) is 0.553. The highest BCUT2D eigenvalue weighted by Crippen LogP contribution is 2.37. The second-order valence-corrected chi connectivity index (χ2v) is 6.42. The molecular weight excluding hydrogens is 417 g/mol.